The normalized spacial score (nSPS) is 17.6. The van der Waals surface area contributed by atoms with E-state index in [0.717, 1.165) is 38.8 Å². The largest absolute Gasteiger partial charge is 0.380 e. The molecule has 1 atom stereocenters. The van der Waals surface area contributed by atoms with E-state index >= 15 is 0 Å². The second-order valence-corrected chi connectivity index (χ2v) is 5.34. The molecule has 17 heavy (non-hydrogen) atoms. The highest BCUT2D eigenvalue weighted by Crippen LogP contribution is 2.28. The summed E-state index contributed by atoms with van der Waals surface area (Å²) in [6, 6.07) is 0.628. The van der Waals surface area contributed by atoms with E-state index in [1.165, 1.54) is 25.7 Å². The zero-order valence-corrected chi connectivity index (χ0v) is 11.9. The van der Waals surface area contributed by atoms with Crippen molar-refractivity contribution >= 4 is 0 Å². The van der Waals surface area contributed by atoms with Gasteiger partial charge in [-0.1, -0.05) is 13.8 Å². The topological polar surface area (TPSA) is 24.5 Å². The lowest BCUT2D eigenvalue weighted by molar-refractivity contribution is 0.101. The van der Waals surface area contributed by atoms with E-state index in [1.54, 1.807) is 0 Å². The Balaban J connectivity index is 1.97. The molecule has 1 aliphatic carbocycles. The zero-order valence-electron chi connectivity index (χ0n) is 11.9. The first kappa shape index (κ1) is 14.9. The minimum atomic E-state index is 0.628. The third-order valence-electron chi connectivity index (χ3n) is 3.38. The fourth-order valence-corrected chi connectivity index (χ4v) is 1.91. The molecule has 1 aliphatic rings. The van der Waals surface area contributed by atoms with Gasteiger partial charge in [0.2, 0.25) is 0 Å². The van der Waals surface area contributed by atoms with Gasteiger partial charge in [0, 0.05) is 25.7 Å². The predicted octanol–water partition coefficient (Wildman–Crippen LogP) is 2.12. The summed E-state index contributed by atoms with van der Waals surface area (Å²) >= 11 is 0. The quantitative estimate of drug-likeness (QED) is 0.562. The van der Waals surface area contributed by atoms with Crippen LogP contribution in [-0.4, -0.2) is 50.8 Å². The second-order valence-electron chi connectivity index (χ2n) is 5.34. The highest BCUT2D eigenvalue weighted by atomic mass is 16.5. The Morgan fingerprint density at radius 1 is 1.35 bits per heavy atom. The van der Waals surface area contributed by atoms with E-state index in [-0.39, 0.29) is 0 Å². The van der Waals surface area contributed by atoms with Crippen LogP contribution in [-0.2, 0) is 4.74 Å². The molecule has 3 heteroatoms. The predicted molar refractivity (Wildman–Crippen MR) is 73.4 cm³/mol. The summed E-state index contributed by atoms with van der Waals surface area (Å²) in [7, 11) is 2.19. The zero-order chi connectivity index (χ0) is 12.5. The Hall–Kier alpha value is -0.120. The van der Waals surface area contributed by atoms with E-state index in [2.05, 4.69) is 31.1 Å². The van der Waals surface area contributed by atoms with Crippen molar-refractivity contribution in [2.45, 2.75) is 45.6 Å². The van der Waals surface area contributed by atoms with Crippen LogP contribution < -0.4 is 5.32 Å². The first-order valence-electron chi connectivity index (χ1n) is 7.25. The van der Waals surface area contributed by atoms with Gasteiger partial charge >= 0.3 is 0 Å². The molecule has 1 unspecified atom stereocenters. The summed E-state index contributed by atoms with van der Waals surface area (Å²) in [5.41, 5.74) is 0. The fraction of sp³-hybridized carbons (Fsp3) is 1.00. The van der Waals surface area contributed by atoms with E-state index in [0.29, 0.717) is 6.04 Å². The maximum absolute atomic E-state index is 5.66. The summed E-state index contributed by atoms with van der Waals surface area (Å²) in [5, 5.41) is 3.59. The minimum Gasteiger partial charge on any atom is -0.380 e. The van der Waals surface area contributed by atoms with Crippen molar-refractivity contribution < 1.29 is 4.74 Å². The van der Waals surface area contributed by atoms with E-state index in [9.17, 15) is 0 Å². The Morgan fingerprint density at radius 2 is 2.12 bits per heavy atom. The average Bonchev–Trinajstić information content (AvgIpc) is 3.14. The Kier molecular flexibility index (Phi) is 7.82. The van der Waals surface area contributed by atoms with Gasteiger partial charge in [-0.25, -0.2) is 0 Å². The molecule has 0 radical (unpaired) electrons. The Labute approximate surface area is 107 Å². The molecular weight excluding hydrogens is 212 g/mol. The molecule has 1 fully saturated rings. The lowest BCUT2D eigenvalue weighted by Crippen LogP contribution is -2.40. The smallest absolute Gasteiger partial charge is 0.0593 e. The SMILES string of the molecule is CCCNC(CC)CN(C)CCOCC1CC1. The van der Waals surface area contributed by atoms with Gasteiger partial charge in [-0.3, -0.25) is 0 Å². The number of hydrogen-bond donors (Lipinski definition) is 1. The molecule has 0 heterocycles. The van der Waals surface area contributed by atoms with Gasteiger partial charge in [-0.15, -0.1) is 0 Å². The molecule has 0 aliphatic heterocycles. The molecule has 0 saturated heterocycles. The molecule has 0 spiro atoms. The van der Waals surface area contributed by atoms with Gasteiger partial charge < -0.3 is 15.0 Å². The van der Waals surface area contributed by atoms with Crippen molar-refractivity contribution in [2.24, 2.45) is 5.92 Å². The summed E-state index contributed by atoms with van der Waals surface area (Å²) in [6.45, 7) is 9.65. The summed E-state index contributed by atoms with van der Waals surface area (Å²) in [6.07, 6.45) is 5.18. The van der Waals surface area contributed by atoms with Crippen LogP contribution in [0.2, 0.25) is 0 Å². The Bertz CT molecular complexity index is 183. The van der Waals surface area contributed by atoms with Crippen molar-refractivity contribution in [1.29, 1.82) is 0 Å². The van der Waals surface area contributed by atoms with Crippen LogP contribution in [0.5, 0.6) is 0 Å². The van der Waals surface area contributed by atoms with Gasteiger partial charge in [-0.2, -0.15) is 0 Å². The molecular formula is C14H30N2O. The fourth-order valence-electron chi connectivity index (χ4n) is 1.91. The number of nitrogens with zero attached hydrogens (tertiary/aromatic N) is 1. The highest BCUT2D eigenvalue weighted by molar-refractivity contribution is 4.72. The van der Waals surface area contributed by atoms with Gasteiger partial charge in [0.1, 0.15) is 0 Å². The van der Waals surface area contributed by atoms with Crippen molar-refractivity contribution in [1.82, 2.24) is 10.2 Å². The molecule has 1 saturated carbocycles. The average molecular weight is 242 g/mol. The van der Waals surface area contributed by atoms with E-state index in [1.807, 2.05) is 0 Å². The molecule has 1 rings (SSSR count). The molecule has 0 aromatic carbocycles. The molecule has 1 N–H and O–H groups in total. The minimum absolute atomic E-state index is 0.628. The van der Waals surface area contributed by atoms with Gasteiger partial charge in [-0.05, 0) is 45.2 Å². The maximum Gasteiger partial charge on any atom is 0.0593 e. The lowest BCUT2D eigenvalue weighted by Gasteiger charge is -2.24. The third-order valence-corrected chi connectivity index (χ3v) is 3.38. The number of rotatable bonds is 11. The highest BCUT2D eigenvalue weighted by Gasteiger charge is 2.21. The van der Waals surface area contributed by atoms with Gasteiger partial charge in [0.05, 0.1) is 6.61 Å². The van der Waals surface area contributed by atoms with Crippen LogP contribution in [0, 0.1) is 5.92 Å². The standard InChI is InChI=1S/C14H30N2O/c1-4-8-15-14(5-2)11-16(3)9-10-17-12-13-6-7-13/h13-15H,4-12H2,1-3H3. The van der Waals surface area contributed by atoms with Gasteiger partial charge in [0.25, 0.3) is 0 Å². The summed E-state index contributed by atoms with van der Waals surface area (Å²) in [5.74, 6) is 0.884. The van der Waals surface area contributed by atoms with Gasteiger partial charge in [0.15, 0.2) is 0 Å². The number of nitrogens with one attached hydrogen (secondary N) is 1. The summed E-state index contributed by atoms with van der Waals surface area (Å²) < 4.78 is 5.66. The first-order valence-corrected chi connectivity index (χ1v) is 7.25. The number of ether oxygens (including phenoxy) is 1. The van der Waals surface area contributed by atoms with Crippen LogP contribution >= 0.6 is 0 Å². The molecule has 0 bridgehead atoms. The van der Waals surface area contributed by atoms with Crippen LogP contribution in [0.15, 0.2) is 0 Å². The molecule has 0 amide bonds. The van der Waals surface area contributed by atoms with E-state index in [4.69, 9.17) is 4.74 Å². The second kappa shape index (κ2) is 8.90. The maximum atomic E-state index is 5.66. The molecule has 0 aromatic rings. The van der Waals surface area contributed by atoms with E-state index < -0.39 is 0 Å². The third kappa shape index (κ3) is 7.74. The van der Waals surface area contributed by atoms with Crippen molar-refractivity contribution in [3.8, 4) is 0 Å². The first-order chi connectivity index (χ1) is 8.26. The van der Waals surface area contributed by atoms with Crippen molar-refractivity contribution in [3.05, 3.63) is 0 Å². The van der Waals surface area contributed by atoms with Crippen LogP contribution in [0.25, 0.3) is 0 Å². The number of hydrogen-bond acceptors (Lipinski definition) is 3. The Morgan fingerprint density at radius 3 is 2.71 bits per heavy atom. The van der Waals surface area contributed by atoms with Crippen LogP contribution in [0.3, 0.4) is 0 Å². The number of likely N-dealkylation sites (N-methyl/N-ethyl adjacent to an activating group) is 1. The molecule has 0 aromatic heterocycles. The summed E-state index contributed by atoms with van der Waals surface area (Å²) in [4.78, 5) is 2.38. The van der Waals surface area contributed by atoms with Crippen molar-refractivity contribution in [2.75, 3.05) is 39.9 Å². The molecule has 3 nitrogen and oxygen atoms in total. The molecule has 102 valence electrons. The van der Waals surface area contributed by atoms with Crippen LogP contribution in [0.4, 0.5) is 0 Å². The van der Waals surface area contributed by atoms with Crippen LogP contribution in [0.1, 0.15) is 39.5 Å². The monoisotopic (exact) mass is 242 g/mol. The van der Waals surface area contributed by atoms with Crippen molar-refractivity contribution in [3.63, 3.8) is 0 Å². The lowest BCUT2D eigenvalue weighted by atomic mass is 10.2.